The van der Waals surface area contributed by atoms with Crippen LogP contribution in [0.3, 0.4) is 0 Å². The molecule has 0 amide bonds. The van der Waals surface area contributed by atoms with Crippen LogP contribution in [-0.2, 0) is 26.7 Å². The second-order valence-electron chi connectivity index (χ2n) is 4.89. The van der Waals surface area contributed by atoms with E-state index in [1.54, 1.807) is 4.68 Å². The zero-order chi connectivity index (χ0) is 12.7. The van der Waals surface area contributed by atoms with Gasteiger partial charge in [0.1, 0.15) is 5.15 Å². The van der Waals surface area contributed by atoms with Gasteiger partial charge in [-0.1, -0.05) is 35.9 Å². The van der Waals surface area contributed by atoms with Crippen LogP contribution in [0, 0.1) is 6.92 Å². The van der Waals surface area contributed by atoms with Crippen LogP contribution < -0.4 is 0 Å². The third kappa shape index (κ3) is 1.93. The molecule has 0 bridgehead atoms. The van der Waals surface area contributed by atoms with E-state index in [2.05, 4.69) is 34.3 Å². The fourth-order valence-electron chi connectivity index (χ4n) is 2.59. The van der Waals surface area contributed by atoms with Crippen LogP contribution in [0.2, 0.25) is 5.15 Å². The van der Waals surface area contributed by atoms with E-state index in [-0.39, 0.29) is 0 Å². The van der Waals surface area contributed by atoms with Crippen molar-refractivity contribution in [3.05, 3.63) is 51.8 Å². The lowest BCUT2D eigenvalue weighted by atomic mass is 10.1. The minimum absolute atomic E-state index is 0.753. The molecule has 1 aliphatic heterocycles. The summed E-state index contributed by atoms with van der Waals surface area (Å²) in [6, 6.07) is 8.61. The predicted molar refractivity (Wildman–Crippen MR) is 72.3 cm³/mol. The van der Waals surface area contributed by atoms with E-state index in [9.17, 15) is 0 Å². The molecule has 3 rings (SSSR count). The van der Waals surface area contributed by atoms with Gasteiger partial charge in [0.25, 0.3) is 0 Å². The van der Waals surface area contributed by atoms with Crippen LogP contribution in [0.25, 0.3) is 0 Å². The summed E-state index contributed by atoms with van der Waals surface area (Å²) in [6.07, 6.45) is 0. The molecule has 0 atom stereocenters. The molecule has 0 aliphatic carbocycles. The molecule has 1 aromatic heterocycles. The number of hydrogen-bond acceptors (Lipinski definition) is 2. The highest BCUT2D eigenvalue weighted by Gasteiger charge is 2.21. The number of benzene rings is 1. The van der Waals surface area contributed by atoms with Gasteiger partial charge in [0.15, 0.2) is 0 Å². The van der Waals surface area contributed by atoms with Crippen LogP contribution >= 0.6 is 11.6 Å². The number of aromatic nitrogens is 2. The molecule has 3 nitrogen and oxygen atoms in total. The lowest BCUT2D eigenvalue weighted by Gasteiger charge is -2.14. The first kappa shape index (κ1) is 11.8. The SMILES string of the molecule is Cc1nn(C)c(Cl)c1CN1Cc2ccccc2C1. The van der Waals surface area contributed by atoms with Crippen LogP contribution in [0.15, 0.2) is 24.3 Å². The molecular weight excluding hydrogens is 246 g/mol. The highest BCUT2D eigenvalue weighted by atomic mass is 35.5. The Kier molecular flexibility index (Phi) is 2.88. The number of rotatable bonds is 2. The Morgan fingerprint density at radius 3 is 2.33 bits per heavy atom. The Bertz CT molecular complexity index is 564. The van der Waals surface area contributed by atoms with E-state index in [4.69, 9.17) is 11.6 Å². The van der Waals surface area contributed by atoms with Crippen molar-refractivity contribution in [3.63, 3.8) is 0 Å². The summed E-state index contributed by atoms with van der Waals surface area (Å²) in [5.41, 5.74) is 5.02. The zero-order valence-electron chi connectivity index (χ0n) is 10.7. The first-order valence-corrected chi connectivity index (χ1v) is 6.50. The topological polar surface area (TPSA) is 21.1 Å². The molecule has 0 saturated heterocycles. The van der Waals surface area contributed by atoms with Gasteiger partial charge in [0.05, 0.1) is 5.69 Å². The van der Waals surface area contributed by atoms with Crippen molar-refractivity contribution in [1.82, 2.24) is 14.7 Å². The van der Waals surface area contributed by atoms with Gasteiger partial charge in [-0.3, -0.25) is 9.58 Å². The van der Waals surface area contributed by atoms with Crippen molar-refractivity contribution in [1.29, 1.82) is 0 Å². The van der Waals surface area contributed by atoms with E-state index in [1.165, 1.54) is 11.1 Å². The quantitative estimate of drug-likeness (QED) is 0.829. The molecule has 0 fully saturated rings. The standard InChI is InChI=1S/C14H16ClN3/c1-10-13(14(15)17(2)16-10)9-18-7-11-5-3-4-6-12(11)8-18/h3-6H,7-9H2,1-2H3. The van der Waals surface area contributed by atoms with Crippen molar-refractivity contribution < 1.29 is 0 Å². The maximum absolute atomic E-state index is 6.28. The van der Waals surface area contributed by atoms with Crippen LogP contribution in [0.1, 0.15) is 22.4 Å². The second-order valence-corrected chi connectivity index (χ2v) is 5.25. The molecule has 4 heteroatoms. The Labute approximate surface area is 112 Å². The Balaban J connectivity index is 1.80. The summed E-state index contributed by atoms with van der Waals surface area (Å²) in [4.78, 5) is 2.40. The molecule has 1 aliphatic rings. The second kappa shape index (κ2) is 4.41. The number of aryl methyl sites for hydroxylation is 2. The highest BCUT2D eigenvalue weighted by molar-refractivity contribution is 6.30. The van der Waals surface area contributed by atoms with E-state index < -0.39 is 0 Å². The highest BCUT2D eigenvalue weighted by Crippen LogP contribution is 2.27. The maximum Gasteiger partial charge on any atom is 0.131 e. The normalized spacial score (nSPS) is 15.1. The Morgan fingerprint density at radius 2 is 1.83 bits per heavy atom. The molecule has 1 aromatic carbocycles. The fourth-order valence-corrected chi connectivity index (χ4v) is 2.83. The summed E-state index contributed by atoms with van der Waals surface area (Å²) in [7, 11) is 1.89. The lowest BCUT2D eigenvalue weighted by molar-refractivity contribution is 0.275. The van der Waals surface area contributed by atoms with Crippen molar-refractivity contribution in [2.24, 2.45) is 7.05 Å². The summed E-state index contributed by atoms with van der Waals surface area (Å²) >= 11 is 6.28. The number of fused-ring (bicyclic) bond motifs is 1. The maximum atomic E-state index is 6.28. The van der Waals surface area contributed by atoms with Crippen LogP contribution in [0.4, 0.5) is 0 Å². The molecular formula is C14H16ClN3. The van der Waals surface area contributed by atoms with E-state index in [0.29, 0.717) is 0 Å². The first-order chi connectivity index (χ1) is 8.65. The number of nitrogens with zero attached hydrogens (tertiary/aromatic N) is 3. The van der Waals surface area contributed by atoms with Crippen LogP contribution in [0.5, 0.6) is 0 Å². The van der Waals surface area contributed by atoms with Gasteiger partial charge in [0.2, 0.25) is 0 Å². The Hall–Kier alpha value is -1.32. The lowest BCUT2D eigenvalue weighted by Crippen LogP contribution is -2.16. The molecule has 94 valence electrons. The smallest absolute Gasteiger partial charge is 0.131 e. The predicted octanol–water partition coefficient (Wildman–Crippen LogP) is 2.90. The van der Waals surface area contributed by atoms with Crippen molar-refractivity contribution in [3.8, 4) is 0 Å². The molecule has 18 heavy (non-hydrogen) atoms. The largest absolute Gasteiger partial charge is 0.290 e. The van der Waals surface area contributed by atoms with E-state index >= 15 is 0 Å². The Morgan fingerprint density at radius 1 is 1.22 bits per heavy atom. The summed E-state index contributed by atoms with van der Waals surface area (Å²) < 4.78 is 1.75. The summed E-state index contributed by atoms with van der Waals surface area (Å²) in [5.74, 6) is 0. The summed E-state index contributed by atoms with van der Waals surface area (Å²) in [5, 5.41) is 5.11. The summed E-state index contributed by atoms with van der Waals surface area (Å²) in [6.45, 7) is 4.89. The van der Waals surface area contributed by atoms with Gasteiger partial charge in [-0.25, -0.2) is 0 Å². The first-order valence-electron chi connectivity index (χ1n) is 6.12. The van der Waals surface area contributed by atoms with Crippen molar-refractivity contribution >= 4 is 11.6 Å². The van der Waals surface area contributed by atoms with Gasteiger partial charge < -0.3 is 0 Å². The molecule has 0 radical (unpaired) electrons. The van der Waals surface area contributed by atoms with Gasteiger partial charge >= 0.3 is 0 Å². The number of hydrogen-bond donors (Lipinski definition) is 0. The monoisotopic (exact) mass is 261 g/mol. The van der Waals surface area contributed by atoms with Crippen LogP contribution in [-0.4, -0.2) is 14.7 Å². The minimum atomic E-state index is 0.753. The zero-order valence-corrected chi connectivity index (χ0v) is 11.4. The van der Waals surface area contributed by atoms with Gasteiger partial charge in [-0.05, 0) is 18.1 Å². The van der Waals surface area contributed by atoms with E-state index in [1.807, 2.05) is 14.0 Å². The average molecular weight is 262 g/mol. The van der Waals surface area contributed by atoms with Gasteiger partial charge in [-0.2, -0.15) is 5.10 Å². The number of halogens is 1. The fraction of sp³-hybridized carbons (Fsp3) is 0.357. The third-order valence-corrected chi connectivity index (χ3v) is 4.03. The van der Waals surface area contributed by atoms with Crippen molar-refractivity contribution in [2.75, 3.05) is 0 Å². The average Bonchev–Trinajstić information content (AvgIpc) is 2.86. The van der Waals surface area contributed by atoms with Gasteiger partial charge in [-0.15, -0.1) is 0 Å². The third-order valence-electron chi connectivity index (χ3n) is 3.56. The molecule has 0 saturated carbocycles. The molecule has 2 heterocycles. The van der Waals surface area contributed by atoms with E-state index in [0.717, 1.165) is 36.0 Å². The minimum Gasteiger partial charge on any atom is -0.290 e. The molecule has 0 spiro atoms. The molecule has 0 unspecified atom stereocenters. The van der Waals surface area contributed by atoms with Gasteiger partial charge in [0, 0.05) is 32.2 Å². The molecule has 0 N–H and O–H groups in total. The molecule has 2 aromatic rings. The van der Waals surface area contributed by atoms with Crippen molar-refractivity contribution in [2.45, 2.75) is 26.6 Å².